The van der Waals surface area contributed by atoms with E-state index in [9.17, 15) is 0 Å². The molecular weight excluding hydrogens is 256 g/mol. The normalized spacial score (nSPS) is 10.2. The maximum atomic E-state index is 8.93. The van der Waals surface area contributed by atoms with Gasteiger partial charge in [-0.05, 0) is 12.1 Å². The van der Waals surface area contributed by atoms with Gasteiger partial charge in [0.25, 0.3) is 0 Å². The summed E-state index contributed by atoms with van der Waals surface area (Å²) in [5, 5.41) is 16.7. The predicted octanol–water partition coefficient (Wildman–Crippen LogP) is 1.77. The topological polar surface area (TPSA) is 73.0 Å². The van der Waals surface area contributed by atoms with Crippen molar-refractivity contribution in [3.63, 3.8) is 0 Å². The van der Waals surface area contributed by atoms with Gasteiger partial charge in [-0.3, -0.25) is 0 Å². The third-order valence-corrected chi connectivity index (χ3v) is 2.75. The largest absolute Gasteiger partial charge is 0.494 e. The molecule has 1 aromatic heterocycles. The molecule has 0 aliphatic heterocycles. The van der Waals surface area contributed by atoms with Crippen molar-refractivity contribution < 1.29 is 9.47 Å². The molecule has 0 N–H and O–H groups in total. The summed E-state index contributed by atoms with van der Waals surface area (Å²) in [5.74, 6) is 0.848. The Hall–Kier alpha value is -2.39. The molecule has 1 heterocycles. The summed E-state index contributed by atoms with van der Waals surface area (Å²) in [5.41, 5.74) is 1.02. The quantitative estimate of drug-likeness (QED) is 0.718. The number of rotatable bonds is 7. The van der Waals surface area contributed by atoms with E-state index in [1.165, 1.54) is 0 Å². The lowest BCUT2D eigenvalue weighted by atomic mass is 10.3. The maximum absolute atomic E-state index is 8.93. The fraction of sp³-hybridized carbons (Fsp3) is 0.357. The zero-order chi connectivity index (χ0) is 14.2. The number of ether oxygens (including phenoxy) is 2. The van der Waals surface area contributed by atoms with Crippen molar-refractivity contribution in [3.8, 4) is 11.8 Å². The zero-order valence-electron chi connectivity index (χ0n) is 11.3. The lowest BCUT2D eigenvalue weighted by Crippen LogP contribution is -2.10. The van der Waals surface area contributed by atoms with Gasteiger partial charge in [0.15, 0.2) is 5.69 Å². The summed E-state index contributed by atoms with van der Waals surface area (Å²) in [4.78, 5) is 0. The highest BCUT2D eigenvalue weighted by Gasteiger charge is 2.11. The molecule has 0 bridgehead atoms. The number of aromatic nitrogens is 3. The fourth-order valence-corrected chi connectivity index (χ4v) is 1.80. The molecule has 0 fully saturated rings. The summed E-state index contributed by atoms with van der Waals surface area (Å²) in [6.07, 6.45) is 0.778. The highest BCUT2D eigenvalue weighted by Crippen LogP contribution is 2.10. The Labute approximate surface area is 117 Å². The van der Waals surface area contributed by atoms with E-state index < -0.39 is 0 Å². The number of para-hydroxylation sites is 1. The number of nitriles is 1. The van der Waals surface area contributed by atoms with E-state index in [0.29, 0.717) is 31.1 Å². The molecule has 2 aromatic rings. The highest BCUT2D eigenvalue weighted by atomic mass is 16.5. The van der Waals surface area contributed by atoms with E-state index in [1.54, 1.807) is 11.8 Å². The number of aryl methyl sites for hydroxylation is 1. The minimum absolute atomic E-state index is 0.316. The number of hydrogen-bond donors (Lipinski definition) is 0. The van der Waals surface area contributed by atoms with Crippen molar-refractivity contribution in [2.75, 3.05) is 13.7 Å². The van der Waals surface area contributed by atoms with Gasteiger partial charge >= 0.3 is 0 Å². The number of benzene rings is 1. The molecule has 104 valence electrons. The van der Waals surface area contributed by atoms with Crippen LogP contribution in [0.3, 0.4) is 0 Å². The van der Waals surface area contributed by atoms with Gasteiger partial charge < -0.3 is 9.47 Å². The van der Waals surface area contributed by atoms with E-state index >= 15 is 0 Å². The van der Waals surface area contributed by atoms with Crippen molar-refractivity contribution in [1.29, 1.82) is 5.26 Å². The molecule has 2 rings (SSSR count). The minimum atomic E-state index is 0.316. The molecule has 0 aliphatic rings. The van der Waals surface area contributed by atoms with Crippen LogP contribution in [0.1, 0.15) is 17.8 Å². The lowest BCUT2D eigenvalue weighted by molar-refractivity contribution is 0.175. The first-order chi connectivity index (χ1) is 9.85. The molecule has 6 nitrogen and oxygen atoms in total. The van der Waals surface area contributed by atoms with Crippen molar-refractivity contribution in [2.45, 2.75) is 19.6 Å². The Morgan fingerprint density at radius 2 is 2.10 bits per heavy atom. The molecule has 0 amide bonds. The minimum Gasteiger partial charge on any atom is -0.494 e. The standard InChI is InChI=1S/C14H16N4O2/c1-19-11-14-13(10-15)16-17-18(14)8-5-9-20-12-6-3-2-4-7-12/h2-4,6-7H,5,8-9,11H2,1H3. The van der Waals surface area contributed by atoms with E-state index in [0.717, 1.165) is 12.2 Å². The second kappa shape index (κ2) is 7.26. The van der Waals surface area contributed by atoms with Gasteiger partial charge in [0.1, 0.15) is 17.5 Å². The van der Waals surface area contributed by atoms with Crippen LogP contribution >= 0.6 is 0 Å². The third-order valence-electron chi connectivity index (χ3n) is 2.75. The molecule has 0 saturated heterocycles. The van der Waals surface area contributed by atoms with Gasteiger partial charge in [0, 0.05) is 20.1 Å². The molecule has 20 heavy (non-hydrogen) atoms. The zero-order valence-corrected chi connectivity index (χ0v) is 11.3. The summed E-state index contributed by atoms with van der Waals surface area (Å²) in [7, 11) is 1.58. The Bertz CT molecular complexity index is 575. The van der Waals surface area contributed by atoms with Crippen molar-refractivity contribution in [3.05, 3.63) is 41.7 Å². The van der Waals surface area contributed by atoms with Gasteiger partial charge in [0.05, 0.1) is 13.2 Å². The lowest BCUT2D eigenvalue weighted by Gasteiger charge is -2.07. The van der Waals surface area contributed by atoms with Crippen LogP contribution in [0.25, 0.3) is 0 Å². The van der Waals surface area contributed by atoms with E-state index in [1.807, 2.05) is 36.4 Å². The fourth-order valence-electron chi connectivity index (χ4n) is 1.80. The second-order valence-corrected chi connectivity index (χ2v) is 4.17. The number of nitrogens with zero attached hydrogens (tertiary/aromatic N) is 4. The van der Waals surface area contributed by atoms with Crippen LogP contribution in [0.15, 0.2) is 30.3 Å². The van der Waals surface area contributed by atoms with Gasteiger partial charge in [-0.1, -0.05) is 23.4 Å². The second-order valence-electron chi connectivity index (χ2n) is 4.17. The summed E-state index contributed by atoms with van der Waals surface area (Å²) in [6.45, 7) is 1.55. The Morgan fingerprint density at radius 3 is 2.80 bits per heavy atom. The Morgan fingerprint density at radius 1 is 1.30 bits per heavy atom. The van der Waals surface area contributed by atoms with Crippen LogP contribution in [0, 0.1) is 11.3 Å². The first-order valence-corrected chi connectivity index (χ1v) is 6.34. The van der Waals surface area contributed by atoms with Gasteiger partial charge in [-0.25, -0.2) is 4.68 Å². The smallest absolute Gasteiger partial charge is 0.188 e. The summed E-state index contributed by atoms with van der Waals surface area (Å²) >= 11 is 0. The van der Waals surface area contributed by atoms with Gasteiger partial charge in [-0.2, -0.15) is 5.26 Å². The molecule has 0 unspecified atom stereocenters. The first kappa shape index (κ1) is 14.0. The Balaban J connectivity index is 1.85. The predicted molar refractivity (Wildman–Crippen MR) is 72.0 cm³/mol. The Kier molecular flexibility index (Phi) is 5.09. The van der Waals surface area contributed by atoms with Crippen LogP contribution in [0.2, 0.25) is 0 Å². The third kappa shape index (κ3) is 3.56. The van der Waals surface area contributed by atoms with Gasteiger partial charge in [0.2, 0.25) is 0 Å². The molecule has 0 atom stereocenters. The van der Waals surface area contributed by atoms with Crippen LogP contribution in [0.5, 0.6) is 5.75 Å². The highest BCUT2D eigenvalue weighted by molar-refractivity contribution is 5.24. The van der Waals surface area contributed by atoms with E-state index in [-0.39, 0.29) is 0 Å². The average Bonchev–Trinajstić information content (AvgIpc) is 2.87. The van der Waals surface area contributed by atoms with E-state index in [4.69, 9.17) is 14.7 Å². The maximum Gasteiger partial charge on any atom is 0.188 e. The molecule has 6 heteroatoms. The number of methoxy groups -OCH3 is 1. The summed E-state index contributed by atoms with van der Waals surface area (Å²) < 4.78 is 12.4. The van der Waals surface area contributed by atoms with Crippen LogP contribution < -0.4 is 4.74 Å². The van der Waals surface area contributed by atoms with Crippen LogP contribution in [-0.2, 0) is 17.9 Å². The molecule has 0 aliphatic carbocycles. The molecular formula is C14H16N4O2. The number of hydrogen-bond acceptors (Lipinski definition) is 5. The molecule has 0 saturated carbocycles. The molecule has 1 aromatic carbocycles. The monoisotopic (exact) mass is 272 g/mol. The van der Waals surface area contributed by atoms with Crippen molar-refractivity contribution >= 4 is 0 Å². The summed E-state index contributed by atoms with van der Waals surface area (Å²) in [6, 6.07) is 11.7. The van der Waals surface area contributed by atoms with E-state index in [2.05, 4.69) is 10.3 Å². The SMILES string of the molecule is COCc1c(C#N)nnn1CCCOc1ccccc1. The van der Waals surface area contributed by atoms with Crippen LogP contribution in [-0.4, -0.2) is 28.7 Å². The van der Waals surface area contributed by atoms with Crippen LogP contribution in [0.4, 0.5) is 0 Å². The average molecular weight is 272 g/mol. The molecule has 0 radical (unpaired) electrons. The first-order valence-electron chi connectivity index (χ1n) is 6.34. The molecule has 0 spiro atoms. The van der Waals surface area contributed by atoms with Crippen molar-refractivity contribution in [1.82, 2.24) is 15.0 Å². The van der Waals surface area contributed by atoms with Gasteiger partial charge in [-0.15, -0.1) is 5.10 Å². The van der Waals surface area contributed by atoms with Crippen molar-refractivity contribution in [2.24, 2.45) is 0 Å².